The van der Waals surface area contributed by atoms with Crippen molar-refractivity contribution in [2.45, 2.75) is 24.7 Å². The van der Waals surface area contributed by atoms with E-state index in [1.54, 1.807) is 0 Å². The molecule has 105 heavy (non-hydrogen) atoms. The SMILES string of the molecule is Cc1cccc(-c2cccc(N(c3ccc4c(c3)C(c3ccccc3)(c3ccccc3)c3ccccc3-4)c3ccc4c(c3)oc3cc5c(cc34)oc3cc4c(cc35)oc3cc(N(c5cccc(-c6cccc(C)c6)c5)c5ccc6c(c5)C(c5ccccc5)(c5ccccc5)c5ccccc5-6)ccc34)c2)c1. The Labute approximate surface area is 608 Å². The molecule has 0 saturated heterocycles. The van der Waals surface area contributed by atoms with Crippen molar-refractivity contribution in [1.29, 1.82) is 0 Å². The van der Waals surface area contributed by atoms with E-state index in [1.807, 2.05) is 0 Å². The fourth-order valence-corrected chi connectivity index (χ4v) is 17.9. The average molecular weight is 1340 g/mol. The highest BCUT2D eigenvalue weighted by Gasteiger charge is 2.48. The van der Waals surface area contributed by atoms with E-state index in [9.17, 15) is 0 Å². The van der Waals surface area contributed by atoms with Crippen LogP contribution < -0.4 is 9.80 Å². The van der Waals surface area contributed by atoms with E-state index < -0.39 is 10.8 Å². The predicted octanol–water partition coefficient (Wildman–Crippen LogP) is 27.0. The number of hydrogen-bond donors (Lipinski definition) is 0. The van der Waals surface area contributed by atoms with Crippen LogP contribution in [0.4, 0.5) is 34.1 Å². The van der Waals surface area contributed by atoms with Crippen LogP contribution in [0.25, 0.3) is 110 Å². The van der Waals surface area contributed by atoms with Crippen molar-refractivity contribution in [3.63, 3.8) is 0 Å². The molecule has 494 valence electrons. The fourth-order valence-electron chi connectivity index (χ4n) is 17.9. The molecule has 21 rings (SSSR count). The summed E-state index contributed by atoms with van der Waals surface area (Å²) in [6, 6.07) is 133. The Hall–Kier alpha value is -13.5. The highest BCUT2D eigenvalue weighted by atomic mass is 16.3. The van der Waals surface area contributed by atoms with Gasteiger partial charge < -0.3 is 23.1 Å². The van der Waals surface area contributed by atoms with Gasteiger partial charge in [0.2, 0.25) is 0 Å². The molecular weight excluding hydrogens is 1280 g/mol. The van der Waals surface area contributed by atoms with Gasteiger partial charge in [-0.25, -0.2) is 0 Å². The Kier molecular flexibility index (Phi) is 13.5. The summed E-state index contributed by atoms with van der Waals surface area (Å²) in [6.45, 7) is 4.31. The molecule has 0 atom stereocenters. The Morgan fingerprint density at radius 1 is 0.200 bits per heavy atom. The zero-order chi connectivity index (χ0) is 69.5. The molecule has 0 N–H and O–H groups in total. The van der Waals surface area contributed by atoms with Gasteiger partial charge in [-0.3, -0.25) is 0 Å². The highest BCUT2D eigenvalue weighted by molar-refractivity contribution is 6.19. The number of aryl methyl sites for hydroxylation is 2. The monoisotopic (exact) mass is 1340 g/mol. The summed E-state index contributed by atoms with van der Waals surface area (Å²) in [5, 5.41) is 5.88. The first-order valence-corrected chi connectivity index (χ1v) is 36.2. The van der Waals surface area contributed by atoms with Crippen molar-refractivity contribution in [3.8, 4) is 44.5 Å². The molecule has 16 aromatic carbocycles. The van der Waals surface area contributed by atoms with Gasteiger partial charge in [-0.15, -0.1) is 0 Å². The topological polar surface area (TPSA) is 45.9 Å². The van der Waals surface area contributed by atoms with Crippen LogP contribution in [0.1, 0.15) is 55.6 Å². The second-order valence-electron chi connectivity index (χ2n) is 28.4. The first kappa shape index (κ1) is 60.3. The maximum absolute atomic E-state index is 7.10. The van der Waals surface area contributed by atoms with Gasteiger partial charge in [0, 0.05) is 78.6 Å². The van der Waals surface area contributed by atoms with Crippen LogP contribution in [-0.2, 0) is 10.8 Å². The molecule has 3 heterocycles. The van der Waals surface area contributed by atoms with Gasteiger partial charge in [-0.1, -0.05) is 266 Å². The van der Waals surface area contributed by atoms with Crippen molar-refractivity contribution in [1.82, 2.24) is 0 Å². The molecule has 0 radical (unpaired) electrons. The minimum atomic E-state index is -0.582. The lowest BCUT2D eigenvalue weighted by atomic mass is 9.67. The predicted molar refractivity (Wildman–Crippen MR) is 433 cm³/mol. The molecule has 2 aliphatic rings. The van der Waals surface area contributed by atoms with Crippen molar-refractivity contribution in [3.05, 3.63) is 420 Å². The number of fused-ring (bicyclic) bond motifs is 15. The Balaban J connectivity index is 0.692. The molecule has 19 aromatic rings. The smallest absolute Gasteiger partial charge is 0.137 e. The summed E-state index contributed by atoms with van der Waals surface area (Å²) in [5.41, 5.74) is 31.4. The third-order valence-electron chi connectivity index (χ3n) is 22.5. The molecule has 0 amide bonds. The summed E-state index contributed by atoms with van der Waals surface area (Å²) in [6.07, 6.45) is 0. The van der Waals surface area contributed by atoms with Crippen LogP contribution in [0, 0.1) is 13.8 Å². The van der Waals surface area contributed by atoms with Crippen LogP contribution in [0.3, 0.4) is 0 Å². The van der Waals surface area contributed by atoms with E-state index in [-0.39, 0.29) is 0 Å². The van der Waals surface area contributed by atoms with Gasteiger partial charge >= 0.3 is 0 Å². The quantitative estimate of drug-likeness (QED) is 0.122. The summed E-state index contributed by atoms with van der Waals surface area (Å²) in [4.78, 5) is 4.79. The lowest BCUT2D eigenvalue weighted by molar-refractivity contribution is 0.662. The summed E-state index contributed by atoms with van der Waals surface area (Å²) in [7, 11) is 0. The number of rotatable bonds is 12. The van der Waals surface area contributed by atoms with Crippen LogP contribution in [0.15, 0.2) is 377 Å². The summed E-state index contributed by atoms with van der Waals surface area (Å²) in [5.74, 6) is 0. The summed E-state index contributed by atoms with van der Waals surface area (Å²) < 4.78 is 21.1. The van der Waals surface area contributed by atoms with Gasteiger partial charge in [0.15, 0.2) is 0 Å². The standard InChI is InChI=1S/C100H66N2O3/c1-63-23-19-25-65(51-63)67-27-21-37-73(53-67)101(75-43-47-81-79-39-15-17-41-89(79)99(91(81)55-75,69-29-7-3-8-30-69)70-31-9-4-10-32-70)77-45-49-83-85-59-97-87(61-95(85)103-93(83)57-77)88-62-96-86(60-98(88)105-97)84-50-46-78(58-94(84)104-96)102(74-38-22-28-68(54-74)66-26-20-24-64(2)52-66)76-44-48-82-80-40-16-18-42-90(80)100(92(82)56-76,71-33-11-5-12-34-71)72-35-13-6-14-36-72/h3-62H,1-2H3. The minimum Gasteiger partial charge on any atom is -0.456 e. The van der Waals surface area contributed by atoms with Gasteiger partial charge in [0.25, 0.3) is 0 Å². The molecule has 0 spiro atoms. The second-order valence-corrected chi connectivity index (χ2v) is 28.4. The van der Waals surface area contributed by atoms with E-state index in [0.717, 1.165) is 111 Å². The molecule has 5 nitrogen and oxygen atoms in total. The lowest BCUT2D eigenvalue weighted by Gasteiger charge is -2.35. The van der Waals surface area contributed by atoms with Crippen LogP contribution in [-0.4, -0.2) is 0 Å². The van der Waals surface area contributed by atoms with E-state index in [2.05, 4.69) is 388 Å². The maximum atomic E-state index is 7.10. The van der Waals surface area contributed by atoms with Crippen molar-refractivity contribution >= 4 is 99.9 Å². The van der Waals surface area contributed by atoms with E-state index in [4.69, 9.17) is 13.3 Å². The number of benzene rings is 16. The van der Waals surface area contributed by atoms with Crippen molar-refractivity contribution in [2.75, 3.05) is 9.80 Å². The molecular formula is C100H66N2O3. The van der Waals surface area contributed by atoms with Crippen LogP contribution >= 0.6 is 0 Å². The van der Waals surface area contributed by atoms with Gasteiger partial charge in [0.05, 0.1) is 10.8 Å². The minimum absolute atomic E-state index is 0.582. The van der Waals surface area contributed by atoms with Gasteiger partial charge in [-0.05, 0) is 200 Å². The molecule has 0 saturated carbocycles. The first-order valence-electron chi connectivity index (χ1n) is 36.2. The molecule has 3 aromatic heterocycles. The Bertz CT molecular complexity index is 6220. The van der Waals surface area contributed by atoms with Crippen molar-refractivity contribution < 1.29 is 13.3 Å². The lowest BCUT2D eigenvalue weighted by Crippen LogP contribution is -2.28. The van der Waals surface area contributed by atoms with Gasteiger partial charge in [-0.2, -0.15) is 0 Å². The Morgan fingerprint density at radius 2 is 0.486 bits per heavy atom. The second kappa shape index (κ2) is 23.5. The summed E-state index contributed by atoms with van der Waals surface area (Å²) >= 11 is 0. The normalized spacial score (nSPS) is 13.2. The van der Waals surface area contributed by atoms with Crippen LogP contribution in [0.2, 0.25) is 0 Å². The number of anilines is 6. The third kappa shape index (κ3) is 9.28. The number of furan rings is 3. The number of nitrogens with zero attached hydrogens (tertiary/aromatic N) is 2. The van der Waals surface area contributed by atoms with E-state index in [1.165, 1.54) is 89.0 Å². The first-order chi connectivity index (χ1) is 51.8. The molecule has 0 bridgehead atoms. The van der Waals surface area contributed by atoms with Crippen LogP contribution in [0.5, 0.6) is 0 Å². The molecule has 0 unspecified atom stereocenters. The third-order valence-corrected chi connectivity index (χ3v) is 22.5. The zero-order valence-electron chi connectivity index (χ0n) is 57.8. The highest BCUT2D eigenvalue weighted by Crippen LogP contribution is 2.60. The molecule has 5 heteroatoms. The van der Waals surface area contributed by atoms with Gasteiger partial charge in [0.1, 0.15) is 33.5 Å². The fraction of sp³-hybridized carbons (Fsp3) is 0.0400. The van der Waals surface area contributed by atoms with Crippen molar-refractivity contribution in [2.24, 2.45) is 0 Å². The average Bonchev–Trinajstić information content (AvgIpc) is 1.55. The molecule has 0 fully saturated rings. The maximum Gasteiger partial charge on any atom is 0.137 e. The molecule has 0 aliphatic heterocycles. The van der Waals surface area contributed by atoms with E-state index >= 15 is 0 Å². The number of hydrogen-bond acceptors (Lipinski definition) is 5. The van der Waals surface area contributed by atoms with E-state index in [0.29, 0.717) is 0 Å². The molecule has 2 aliphatic carbocycles. The zero-order valence-corrected chi connectivity index (χ0v) is 57.8. The largest absolute Gasteiger partial charge is 0.456 e. The Morgan fingerprint density at radius 3 is 0.857 bits per heavy atom.